The smallest absolute Gasteiger partial charge is 0.128 e. The molecule has 120 valence electrons. The third kappa shape index (κ3) is 4.48. The largest absolute Gasteiger partial charge is 0.357 e. The average molecular weight is 332 g/mol. The molecule has 1 aromatic heterocycles. The van der Waals surface area contributed by atoms with Gasteiger partial charge in [0.25, 0.3) is 0 Å². The van der Waals surface area contributed by atoms with Crippen molar-refractivity contribution < 1.29 is 0 Å². The summed E-state index contributed by atoms with van der Waals surface area (Å²) in [5, 5.41) is 3.50. The van der Waals surface area contributed by atoms with Crippen LogP contribution in [0, 0.1) is 0 Å². The maximum absolute atomic E-state index is 5.01. The lowest BCUT2D eigenvalue weighted by atomic mass is 10.0. The summed E-state index contributed by atoms with van der Waals surface area (Å²) in [4.78, 5) is 7.49. The summed E-state index contributed by atoms with van der Waals surface area (Å²) in [6.07, 6.45) is 6.50. The molecule has 3 nitrogen and oxygen atoms in total. The van der Waals surface area contributed by atoms with E-state index in [1.807, 2.05) is 0 Å². The fraction of sp³-hybridized carbons (Fsp3) is 0.688. The van der Waals surface area contributed by atoms with Crippen LogP contribution in [-0.2, 0) is 6.42 Å². The van der Waals surface area contributed by atoms with Gasteiger partial charge in [0.1, 0.15) is 5.82 Å². The molecule has 0 aliphatic carbocycles. The van der Waals surface area contributed by atoms with E-state index in [-0.39, 0.29) is 24.8 Å². The molecule has 1 atom stereocenters. The number of pyridine rings is 1. The van der Waals surface area contributed by atoms with Crippen molar-refractivity contribution in [2.75, 3.05) is 31.1 Å². The van der Waals surface area contributed by atoms with Crippen LogP contribution in [0.3, 0.4) is 0 Å². The van der Waals surface area contributed by atoms with Crippen molar-refractivity contribution in [3.05, 3.63) is 23.4 Å². The summed E-state index contributed by atoms with van der Waals surface area (Å²) in [5.41, 5.74) is 2.77. The van der Waals surface area contributed by atoms with Crippen molar-refractivity contribution in [1.82, 2.24) is 10.3 Å². The van der Waals surface area contributed by atoms with Crippen LogP contribution in [-0.4, -0.2) is 31.2 Å². The SMILES string of the molecule is CC1CNCCc2ccc(N3CCCCCC3)nc21.Cl.Cl. The summed E-state index contributed by atoms with van der Waals surface area (Å²) in [5.74, 6) is 1.74. The van der Waals surface area contributed by atoms with E-state index in [1.54, 1.807) is 0 Å². The average Bonchev–Trinajstić information content (AvgIpc) is 2.80. The van der Waals surface area contributed by atoms with Crippen molar-refractivity contribution >= 4 is 30.6 Å². The van der Waals surface area contributed by atoms with Crippen LogP contribution in [0.15, 0.2) is 12.1 Å². The molecular weight excluding hydrogens is 305 g/mol. The van der Waals surface area contributed by atoms with E-state index >= 15 is 0 Å². The van der Waals surface area contributed by atoms with Gasteiger partial charge in [-0.15, -0.1) is 24.8 Å². The third-order valence-corrected chi connectivity index (χ3v) is 4.42. The number of anilines is 1. The Bertz CT molecular complexity index is 432. The van der Waals surface area contributed by atoms with E-state index in [4.69, 9.17) is 4.98 Å². The summed E-state index contributed by atoms with van der Waals surface area (Å²) < 4.78 is 0. The van der Waals surface area contributed by atoms with E-state index < -0.39 is 0 Å². The molecule has 1 fully saturated rings. The highest BCUT2D eigenvalue weighted by atomic mass is 35.5. The van der Waals surface area contributed by atoms with Gasteiger partial charge in [-0.25, -0.2) is 4.98 Å². The molecule has 0 bridgehead atoms. The first-order valence-electron chi connectivity index (χ1n) is 7.80. The third-order valence-electron chi connectivity index (χ3n) is 4.42. The zero-order chi connectivity index (χ0) is 13.1. The molecule has 3 heterocycles. The van der Waals surface area contributed by atoms with E-state index in [0.29, 0.717) is 5.92 Å². The zero-order valence-corrected chi connectivity index (χ0v) is 14.4. The molecule has 0 amide bonds. The van der Waals surface area contributed by atoms with Gasteiger partial charge in [-0.1, -0.05) is 25.8 Å². The topological polar surface area (TPSA) is 28.2 Å². The van der Waals surface area contributed by atoms with Crippen molar-refractivity contribution in [2.24, 2.45) is 0 Å². The predicted molar refractivity (Wildman–Crippen MR) is 94.4 cm³/mol. The number of fused-ring (bicyclic) bond motifs is 1. The molecule has 5 heteroatoms. The molecule has 1 N–H and O–H groups in total. The molecule has 1 aromatic rings. The van der Waals surface area contributed by atoms with E-state index in [9.17, 15) is 0 Å². The Morgan fingerprint density at radius 3 is 2.52 bits per heavy atom. The van der Waals surface area contributed by atoms with Crippen molar-refractivity contribution in [3.8, 4) is 0 Å². The lowest BCUT2D eigenvalue weighted by Gasteiger charge is -2.23. The summed E-state index contributed by atoms with van der Waals surface area (Å²) >= 11 is 0. The second kappa shape index (κ2) is 8.82. The monoisotopic (exact) mass is 331 g/mol. The molecule has 2 aliphatic heterocycles. The molecule has 1 unspecified atom stereocenters. The minimum Gasteiger partial charge on any atom is -0.357 e. The second-order valence-electron chi connectivity index (χ2n) is 5.97. The quantitative estimate of drug-likeness (QED) is 0.852. The number of hydrogen-bond donors (Lipinski definition) is 1. The molecule has 21 heavy (non-hydrogen) atoms. The maximum atomic E-state index is 5.01. The van der Waals surface area contributed by atoms with Crippen LogP contribution < -0.4 is 10.2 Å². The lowest BCUT2D eigenvalue weighted by Crippen LogP contribution is -2.25. The van der Waals surface area contributed by atoms with Crippen LogP contribution in [0.1, 0.15) is 49.8 Å². The van der Waals surface area contributed by atoms with Gasteiger partial charge in [0, 0.05) is 25.6 Å². The molecule has 0 radical (unpaired) electrons. The Morgan fingerprint density at radius 1 is 1.10 bits per heavy atom. The molecule has 2 aliphatic rings. The van der Waals surface area contributed by atoms with Gasteiger partial charge >= 0.3 is 0 Å². The standard InChI is InChI=1S/C16H25N3.2ClH/c1-13-12-17-9-8-14-6-7-15(18-16(13)14)19-10-4-2-3-5-11-19;;/h6-7,13,17H,2-5,8-12H2,1H3;2*1H. The van der Waals surface area contributed by atoms with Gasteiger partial charge in [0.05, 0.1) is 5.69 Å². The molecule has 1 saturated heterocycles. The van der Waals surface area contributed by atoms with Crippen LogP contribution in [0.25, 0.3) is 0 Å². The van der Waals surface area contributed by atoms with Gasteiger partial charge < -0.3 is 10.2 Å². The lowest BCUT2D eigenvalue weighted by molar-refractivity contribution is 0.635. The number of halogens is 2. The highest BCUT2D eigenvalue weighted by Crippen LogP contribution is 2.25. The highest BCUT2D eigenvalue weighted by molar-refractivity contribution is 5.85. The van der Waals surface area contributed by atoms with Gasteiger partial charge in [-0.05, 0) is 37.4 Å². The van der Waals surface area contributed by atoms with Gasteiger partial charge in [0.2, 0.25) is 0 Å². The van der Waals surface area contributed by atoms with Crippen LogP contribution >= 0.6 is 24.8 Å². The van der Waals surface area contributed by atoms with Gasteiger partial charge in [-0.3, -0.25) is 0 Å². The molecule has 0 aromatic carbocycles. The van der Waals surface area contributed by atoms with Crippen LogP contribution in [0.4, 0.5) is 5.82 Å². The molecule has 0 saturated carbocycles. The number of aromatic nitrogens is 1. The minimum absolute atomic E-state index is 0. The number of rotatable bonds is 1. The summed E-state index contributed by atoms with van der Waals surface area (Å²) in [7, 11) is 0. The predicted octanol–water partition coefficient (Wildman–Crippen LogP) is 3.55. The number of nitrogens with one attached hydrogen (secondary N) is 1. The van der Waals surface area contributed by atoms with Crippen LogP contribution in [0.5, 0.6) is 0 Å². The van der Waals surface area contributed by atoms with Crippen molar-refractivity contribution in [3.63, 3.8) is 0 Å². The molecular formula is C16H27Cl2N3. The summed E-state index contributed by atoms with van der Waals surface area (Å²) in [6.45, 7) is 6.79. The Labute approximate surface area is 140 Å². The van der Waals surface area contributed by atoms with E-state index in [1.165, 1.54) is 55.8 Å². The first kappa shape index (κ1) is 18.5. The molecule has 3 rings (SSSR count). The fourth-order valence-electron chi connectivity index (χ4n) is 3.25. The normalized spacial score (nSPS) is 22.1. The van der Waals surface area contributed by atoms with Gasteiger partial charge in [0.15, 0.2) is 0 Å². The highest BCUT2D eigenvalue weighted by Gasteiger charge is 2.18. The minimum atomic E-state index is 0. The number of nitrogens with zero attached hydrogens (tertiary/aromatic N) is 2. The second-order valence-corrected chi connectivity index (χ2v) is 5.97. The fourth-order valence-corrected chi connectivity index (χ4v) is 3.25. The first-order valence-corrected chi connectivity index (χ1v) is 7.80. The van der Waals surface area contributed by atoms with Crippen molar-refractivity contribution in [2.45, 2.75) is 44.9 Å². The van der Waals surface area contributed by atoms with E-state index in [2.05, 4.69) is 29.3 Å². The Balaban J connectivity index is 0.00000110. The Hall–Kier alpha value is -0.510. The number of hydrogen-bond acceptors (Lipinski definition) is 3. The van der Waals surface area contributed by atoms with Crippen LogP contribution in [0.2, 0.25) is 0 Å². The molecule has 0 spiro atoms. The Kier molecular flexibility index (Phi) is 7.78. The summed E-state index contributed by atoms with van der Waals surface area (Å²) in [6, 6.07) is 4.55. The first-order chi connectivity index (χ1) is 9.34. The zero-order valence-electron chi connectivity index (χ0n) is 12.8. The van der Waals surface area contributed by atoms with E-state index in [0.717, 1.165) is 19.5 Å². The Morgan fingerprint density at radius 2 is 1.81 bits per heavy atom. The maximum Gasteiger partial charge on any atom is 0.128 e. The van der Waals surface area contributed by atoms with Crippen molar-refractivity contribution in [1.29, 1.82) is 0 Å². The van der Waals surface area contributed by atoms with Gasteiger partial charge in [-0.2, -0.15) is 0 Å².